The van der Waals surface area contributed by atoms with E-state index in [9.17, 15) is 4.79 Å². The fourth-order valence-electron chi connectivity index (χ4n) is 3.62. The number of carbonyl (C=O) groups is 1. The van der Waals surface area contributed by atoms with Crippen LogP contribution in [0.25, 0.3) is 6.08 Å². The molecule has 0 aromatic heterocycles. The van der Waals surface area contributed by atoms with Crippen LogP contribution in [0.5, 0.6) is 11.5 Å². The third kappa shape index (κ3) is 6.63. The summed E-state index contributed by atoms with van der Waals surface area (Å²) in [4.78, 5) is 14.8. The van der Waals surface area contributed by atoms with Gasteiger partial charge in [0, 0.05) is 31.8 Å². The van der Waals surface area contributed by atoms with Gasteiger partial charge in [-0.2, -0.15) is 0 Å². The molecule has 5 nitrogen and oxygen atoms in total. The highest BCUT2D eigenvalue weighted by atomic mass is 16.5. The average molecular weight is 409 g/mol. The summed E-state index contributed by atoms with van der Waals surface area (Å²) in [6.07, 6.45) is 6.30. The quantitative estimate of drug-likeness (QED) is 0.630. The molecule has 0 aliphatic carbocycles. The van der Waals surface area contributed by atoms with E-state index in [-0.39, 0.29) is 11.9 Å². The van der Waals surface area contributed by atoms with Crippen LogP contribution in [-0.4, -0.2) is 43.7 Å². The first kappa shape index (κ1) is 21.9. The molecule has 5 heteroatoms. The second-order valence-electron chi connectivity index (χ2n) is 7.64. The highest BCUT2D eigenvalue weighted by Crippen LogP contribution is 2.28. The number of nitrogens with zero attached hydrogens (tertiary/aromatic N) is 1. The van der Waals surface area contributed by atoms with Crippen molar-refractivity contribution in [3.63, 3.8) is 0 Å². The highest BCUT2D eigenvalue weighted by Gasteiger charge is 2.20. The molecule has 3 rings (SSSR count). The lowest BCUT2D eigenvalue weighted by atomic mass is 10.0. The van der Waals surface area contributed by atoms with Crippen LogP contribution in [0.1, 0.15) is 37.3 Å². The minimum absolute atomic E-state index is 0.0539. The van der Waals surface area contributed by atoms with Gasteiger partial charge in [-0.15, -0.1) is 0 Å². The van der Waals surface area contributed by atoms with Gasteiger partial charge in [0.15, 0.2) is 11.5 Å². The zero-order chi connectivity index (χ0) is 21.2. The summed E-state index contributed by atoms with van der Waals surface area (Å²) in [5.41, 5.74) is 2.24. The van der Waals surface area contributed by atoms with Gasteiger partial charge in [0.05, 0.1) is 13.7 Å². The maximum absolute atomic E-state index is 12.4. The van der Waals surface area contributed by atoms with Crippen molar-refractivity contribution in [2.45, 2.75) is 38.8 Å². The van der Waals surface area contributed by atoms with Crippen molar-refractivity contribution in [3.05, 3.63) is 65.7 Å². The largest absolute Gasteiger partial charge is 0.493 e. The Hall–Kier alpha value is -2.79. The van der Waals surface area contributed by atoms with Gasteiger partial charge in [0.1, 0.15) is 0 Å². The number of carbonyl (C=O) groups excluding carboxylic acids is 1. The molecule has 0 radical (unpaired) electrons. The molecule has 0 saturated carbocycles. The first-order valence-electron chi connectivity index (χ1n) is 10.7. The predicted molar refractivity (Wildman–Crippen MR) is 121 cm³/mol. The van der Waals surface area contributed by atoms with E-state index in [1.165, 1.54) is 5.56 Å². The van der Waals surface area contributed by atoms with Gasteiger partial charge in [-0.1, -0.05) is 43.3 Å². The first-order chi connectivity index (χ1) is 14.7. The molecule has 0 atom stereocenters. The number of hydrogen-bond donors (Lipinski definition) is 1. The van der Waals surface area contributed by atoms with Crippen LogP contribution in [-0.2, 0) is 11.3 Å². The summed E-state index contributed by atoms with van der Waals surface area (Å²) < 4.78 is 11.1. The monoisotopic (exact) mass is 408 g/mol. The Morgan fingerprint density at radius 1 is 1.13 bits per heavy atom. The first-order valence-corrected chi connectivity index (χ1v) is 10.7. The molecule has 2 aromatic carbocycles. The maximum atomic E-state index is 12.4. The number of hydrogen-bond acceptors (Lipinski definition) is 4. The minimum Gasteiger partial charge on any atom is -0.493 e. The Morgan fingerprint density at radius 2 is 1.90 bits per heavy atom. The van der Waals surface area contributed by atoms with Crippen molar-refractivity contribution in [1.29, 1.82) is 0 Å². The van der Waals surface area contributed by atoms with Gasteiger partial charge in [-0.25, -0.2) is 0 Å². The molecular weight excluding hydrogens is 376 g/mol. The van der Waals surface area contributed by atoms with Crippen molar-refractivity contribution >= 4 is 12.0 Å². The number of amides is 1. The number of nitrogens with one attached hydrogen (secondary N) is 1. The number of rotatable bonds is 9. The Balaban J connectivity index is 1.46. The van der Waals surface area contributed by atoms with Crippen molar-refractivity contribution < 1.29 is 14.3 Å². The van der Waals surface area contributed by atoms with E-state index in [0.29, 0.717) is 12.4 Å². The van der Waals surface area contributed by atoms with Crippen molar-refractivity contribution in [2.24, 2.45) is 0 Å². The second-order valence-corrected chi connectivity index (χ2v) is 7.64. The molecule has 1 heterocycles. The van der Waals surface area contributed by atoms with Crippen LogP contribution >= 0.6 is 0 Å². The molecule has 160 valence electrons. The third-order valence-electron chi connectivity index (χ3n) is 5.26. The van der Waals surface area contributed by atoms with E-state index >= 15 is 0 Å². The van der Waals surface area contributed by atoms with Crippen molar-refractivity contribution in [1.82, 2.24) is 10.2 Å². The fourth-order valence-corrected chi connectivity index (χ4v) is 3.62. The van der Waals surface area contributed by atoms with E-state index in [2.05, 4.69) is 41.4 Å². The van der Waals surface area contributed by atoms with Crippen molar-refractivity contribution in [3.8, 4) is 11.5 Å². The SMILES string of the molecule is CCCOc1ccc(/C=C/C(=O)NC2CCN(Cc3ccccc3)CC2)cc1OC. The van der Waals surface area contributed by atoms with Gasteiger partial charge in [-0.05, 0) is 48.6 Å². The lowest BCUT2D eigenvalue weighted by Gasteiger charge is -2.32. The molecular formula is C25H32N2O3. The van der Waals surface area contributed by atoms with Crippen LogP contribution in [0.15, 0.2) is 54.6 Å². The number of piperidine rings is 1. The predicted octanol–water partition coefficient (Wildman–Crippen LogP) is 4.28. The average Bonchev–Trinajstić information content (AvgIpc) is 2.78. The number of benzene rings is 2. The summed E-state index contributed by atoms with van der Waals surface area (Å²) >= 11 is 0. The van der Waals surface area contributed by atoms with Crippen LogP contribution in [0.2, 0.25) is 0 Å². The normalized spacial score (nSPS) is 15.3. The number of methoxy groups -OCH3 is 1. The standard InChI is InChI=1S/C25H32N2O3/c1-3-17-30-23-11-9-20(18-24(23)29-2)10-12-25(28)26-22-13-15-27(16-14-22)19-21-7-5-4-6-8-21/h4-12,18,22H,3,13-17,19H2,1-2H3,(H,26,28)/b12-10+. The molecule has 1 amide bonds. The van der Waals surface area contributed by atoms with Crippen LogP contribution < -0.4 is 14.8 Å². The summed E-state index contributed by atoms with van der Waals surface area (Å²) in [7, 11) is 1.62. The van der Waals surface area contributed by atoms with E-state index in [1.807, 2.05) is 30.3 Å². The lowest BCUT2D eigenvalue weighted by Crippen LogP contribution is -2.43. The minimum atomic E-state index is -0.0539. The molecule has 0 unspecified atom stereocenters. The lowest BCUT2D eigenvalue weighted by molar-refractivity contribution is -0.117. The summed E-state index contributed by atoms with van der Waals surface area (Å²) in [5.74, 6) is 1.35. The Morgan fingerprint density at radius 3 is 2.60 bits per heavy atom. The van der Waals surface area contributed by atoms with Gasteiger partial charge >= 0.3 is 0 Å². The Kier molecular flexibility index (Phi) is 8.33. The molecule has 2 aromatic rings. The van der Waals surface area contributed by atoms with Crippen LogP contribution in [0.3, 0.4) is 0 Å². The van der Waals surface area contributed by atoms with E-state index in [4.69, 9.17) is 9.47 Å². The molecule has 1 fully saturated rings. The number of likely N-dealkylation sites (tertiary alicyclic amines) is 1. The topological polar surface area (TPSA) is 50.8 Å². The van der Waals surface area contributed by atoms with Crippen LogP contribution in [0, 0.1) is 0 Å². The molecule has 1 N–H and O–H groups in total. The molecule has 0 bridgehead atoms. The summed E-state index contributed by atoms with van der Waals surface area (Å²) in [6, 6.07) is 16.5. The van der Waals surface area contributed by atoms with Gasteiger partial charge in [0.2, 0.25) is 5.91 Å². The number of ether oxygens (including phenoxy) is 2. The van der Waals surface area contributed by atoms with E-state index in [0.717, 1.165) is 50.2 Å². The second kappa shape index (κ2) is 11.4. The van der Waals surface area contributed by atoms with Gasteiger partial charge in [-0.3, -0.25) is 9.69 Å². The maximum Gasteiger partial charge on any atom is 0.244 e. The zero-order valence-corrected chi connectivity index (χ0v) is 18.0. The Bertz CT molecular complexity index is 828. The van der Waals surface area contributed by atoms with Gasteiger partial charge < -0.3 is 14.8 Å². The fraction of sp³-hybridized carbons (Fsp3) is 0.400. The van der Waals surface area contributed by atoms with Crippen molar-refractivity contribution in [2.75, 3.05) is 26.8 Å². The summed E-state index contributed by atoms with van der Waals surface area (Å²) in [6.45, 7) is 5.69. The Labute approximate surface area is 179 Å². The van der Waals surface area contributed by atoms with Crippen LogP contribution in [0.4, 0.5) is 0 Å². The molecule has 1 aliphatic heterocycles. The molecule has 1 saturated heterocycles. The smallest absolute Gasteiger partial charge is 0.244 e. The van der Waals surface area contributed by atoms with Gasteiger partial charge in [0.25, 0.3) is 0 Å². The van der Waals surface area contributed by atoms with E-state index < -0.39 is 0 Å². The third-order valence-corrected chi connectivity index (χ3v) is 5.26. The highest BCUT2D eigenvalue weighted by molar-refractivity contribution is 5.92. The molecule has 1 aliphatic rings. The molecule has 30 heavy (non-hydrogen) atoms. The van der Waals surface area contributed by atoms with E-state index in [1.54, 1.807) is 13.2 Å². The summed E-state index contributed by atoms with van der Waals surface area (Å²) in [5, 5.41) is 3.13. The molecule has 0 spiro atoms. The zero-order valence-electron chi connectivity index (χ0n) is 18.0.